The van der Waals surface area contributed by atoms with E-state index in [-0.39, 0.29) is 24.6 Å². The molecule has 2 aliphatic rings. The number of carbonyl (C=O) groups excluding carboxylic acids is 4. The molecule has 0 aromatic heterocycles. The zero-order valence-electron chi connectivity index (χ0n) is 19.4. The average Bonchev–Trinajstić information content (AvgIpc) is 3.27. The number of ketones is 1. The second-order valence-electron chi connectivity index (χ2n) is 8.60. The van der Waals surface area contributed by atoms with Crippen LogP contribution in [0.15, 0.2) is 48.5 Å². The normalized spacial score (nSPS) is 19.4. The molecule has 4 amide bonds. The summed E-state index contributed by atoms with van der Waals surface area (Å²) in [6, 6.07) is 9.40. The third kappa shape index (κ3) is 4.96. The van der Waals surface area contributed by atoms with E-state index in [0.717, 1.165) is 4.90 Å². The van der Waals surface area contributed by atoms with Crippen molar-refractivity contribution in [1.29, 1.82) is 0 Å². The maximum absolute atomic E-state index is 13.8. The lowest BCUT2D eigenvalue weighted by Gasteiger charge is -2.43. The van der Waals surface area contributed by atoms with Gasteiger partial charge in [-0.15, -0.1) is 0 Å². The molecule has 4 rings (SSSR count). The number of benzene rings is 2. The van der Waals surface area contributed by atoms with Crippen LogP contribution in [0.25, 0.3) is 0 Å². The quantitative estimate of drug-likeness (QED) is 0.554. The van der Waals surface area contributed by atoms with Crippen molar-refractivity contribution < 1.29 is 38.2 Å². The summed E-state index contributed by atoms with van der Waals surface area (Å²) in [6.45, 7) is 0.284. The van der Waals surface area contributed by atoms with Gasteiger partial charge in [-0.2, -0.15) is 0 Å². The second kappa shape index (κ2) is 10.2. The number of carboxylic acid groups (broad SMARTS) is 1. The second-order valence-corrected chi connectivity index (χ2v) is 8.60. The predicted molar refractivity (Wildman–Crippen MR) is 124 cm³/mol. The highest BCUT2D eigenvalue weighted by atomic mass is 19.1. The molecule has 0 bridgehead atoms. The minimum Gasteiger partial charge on any atom is -0.480 e. The number of urea groups is 1. The number of ether oxygens (including phenoxy) is 1. The fourth-order valence-electron chi connectivity index (χ4n) is 4.60. The Kier molecular flexibility index (Phi) is 7.11. The van der Waals surface area contributed by atoms with Crippen LogP contribution in [0.2, 0.25) is 0 Å². The van der Waals surface area contributed by atoms with Crippen LogP contribution in [-0.2, 0) is 25.7 Å². The average molecular weight is 497 g/mol. The summed E-state index contributed by atoms with van der Waals surface area (Å²) in [6.07, 6.45) is 0.295. The number of hydrogen-bond donors (Lipinski definition) is 1. The van der Waals surface area contributed by atoms with Crippen LogP contribution < -0.4 is 4.90 Å². The number of likely N-dealkylation sites (tertiary alicyclic amines) is 1. The Balaban J connectivity index is 1.70. The highest BCUT2D eigenvalue weighted by molar-refractivity contribution is 6.19. The van der Waals surface area contributed by atoms with Crippen molar-refractivity contribution in [3.8, 4) is 0 Å². The van der Waals surface area contributed by atoms with E-state index in [0.29, 0.717) is 17.5 Å². The molecule has 2 atom stereocenters. The van der Waals surface area contributed by atoms with Gasteiger partial charge >= 0.3 is 12.0 Å². The largest absolute Gasteiger partial charge is 0.480 e. The summed E-state index contributed by atoms with van der Waals surface area (Å²) in [5.41, 5.74) is 0.971. The third-order valence-electron chi connectivity index (χ3n) is 6.20. The summed E-state index contributed by atoms with van der Waals surface area (Å²) in [5, 5.41) is 8.76. The zero-order chi connectivity index (χ0) is 26.0. The number of hydrogen-bond acceptors (Lipinski definition) is 6. The summed E-state index contributed by atoms with van der Waals surface area (Å²) in [7, 11) is 0. The first kappa shape index (κ1) is 25.0. The van der Waals surface area contributed by atoms with Gasteiger partial charge < -0.3 is 19.6 Å². The predicted octanol–water partition coefficient (Wildman–Crippen LogP) is 2.07. The van der Waals surface area contributed by atoms with Crippen molar-refractivity contribution in [3.05, 3.63) is 65.5 Å². The van der Waals surface area contributed by atoms with Crippen LogP contribution in [0.4, 0.5) is 14.9 Å². The van der Waals surface area contributed by atoms with Crippen LogP contribution in [0, 0.1) is 5.82 Å². The first-order valence-electron chi connectivity index (χ1n) is 11.3. The van der Waals surface area contributed by atoms with E-state index in [1.54, 1.807) is 18.2 Å². The van der Waals surface area contributed by atoms with Crippen LogP contribution in [0.1, 0.15) is 29.3 Å². The summed E-state index contributed by atoms with van der Waals surface area (Å²) in [4.78, 5) is 66.4. The number of aliphatic carboxylic acids is 1. The number of carbonyl (C=O) groups is 5. The first-order chi connectivity index (χ1) is 17.2. The lowest BCUT2D eigenvalue weighted by Crippen LogP contribution is -2.66. The number of rotatable bonds is 8. The van der Waals surface area contributed by atoms with Crippen molar-refractivity contribution >= 4 is 35.3 Å². The number of halogens is 1. The van der Waals surface area contributed by atoms with Gasteiger partial charge in [-0.3, -0.25) is 14.4 Å². The Morgan fingerprint density at radius 2 is 1.83 bits per heavy atom. The molecule has 2 aliphatic heterocycles. The van der Waals surface area contributed by atoms with E-state index < -0.39 is 54.9 Å². The van der Waals surface area contributed by atoms with Crippen molar-refractivity contribution in [3.63, 3.8) is 0 Å². The monoisotopic (exact) mass is 497 g/mol. The first-order valence-corrected chi connectivity index (χ1v) is 11.3. The van der Waals surface area contributed by atoms with Crippen LogP contribution in [-0.4, -0.2) is 76.3 Å². The van der Waals surface area contributed by atoms with E-state index >= 15 is 0 Å². The molecule has 2 heterocycles. The highest BCUT2D eigenvalue weighted by Crippen LogP contribution is 2.34. The molecule has 0 radical (unpaired) electrons. The van der Waals surface area contributed by atoms with Crippen molar-refractivity contribution in [2.45, 2.75) is 32.0 Å². The summed E-state index contributed by atoms with van der Waals surface area (Å²) in [5.74, 6) is -3.20. The number of carboxylic acids is 1. The molecule has 2 fully saturated rings. The Morgan fingerprint density at radius 3 is 2.53 bits per heavy atom. The van der Waals surface area contributed by atoms with Gasteiger partial charge in [0.05, 0.1) is 11.7 Å². The molecule has 11 heteroatoms. The molecule has 0 unspecified atom stereocenters. The number of Topliss-reactive ketones (excluding diaryl/α,β-unsaturated/α-hetero) is 1. The molecule has 0 spiro atoms. The minimum absolute atomic E-state index is 0.00845. The topological polar surface area (TPSA) is 125 Å². The van der Waals surface area contributed by atoms with E-state index in [1.807, 2.05) is 0 Å². The standard InChI is InChI=1S/C25H24FN3O7/c1-15(30)17-5-3-7-19(11-17)29-24(34)23-20(8-9-27(23)21(31)13-36-14-22(32)33)28(25(29)35)12-16-4-2-6-18(26)10-16/h2-7,10-11,20,23H,8-9,12-14H2,1H3,(H,32,33)/t20-,23-/m1/s1. The number of anilines is 1. The van der Waals surface area contributed by atoms with Crippen molar-refractivity contribution in [2.75, 3.05) is 24.7 Å². The van der Waals surface area contributed by atoms with Crippen LogP contribution in [0.3, 0.4) is 0 Å². The minimum atomic E-state index is -1.24. The van der Waals surface area contributed by atoms with Gasteiger partial charge in [-0.25, -0.2) is 18.9 Å². The molecule has 10 nitrogen and oxygen atoms in total. The maximum atomic E-state index is 13.8. The van der Waals surface area contributed by atoms with Gasteiger partial charge in [0.15, 0.2) is 5.78 Å². The molecule has 0 aliphatic carbocycles. The Bertz CT molecular complexity index is 1230. The number of fused-ring (bicyclic) bond motifs is 1. The lowest BCUT2D eigenvalue weighted by molar-refractivity contribution is -0.148. The van der Waals surface area contributed by atoms with Crippen molar-refractivity contribution in [1.82, 2.24) is 9.80 Å². The SMILES string of the molecule is CC(=O)c1cccc(N2C(=O)[C@H]3[C@@H](CCN3C(=O)COCC(=O)O)N(Cc3cccc(F)c3)C2=O)c1. The molecule has 36 heavy (non-hydrogen) atoms. The molecule has 2 aromatic carbocycles. The Morgan fingerprint density at radius 1 is 1.08 bits per heavy atom. The van der Waals surface area contributed by atoms with Gasteiger partial charge in [0, 0.05) is 18.7 Å². The fourth-order valence-corrected chi connectivity index (χ4v) is 4.60. The number of amides is 4. The molecule has 188 valence electrons. The van der Waals surface area contributed by atoms with Gasteiger partial charge in [0.25, 0.3) is 5.91 Å². The maximum Gasteiger partial charge on any atom is 0.332 e. The smallest absolute Gasteiger partial charge is 0.332 e. The highest BCUT2D eigenvalue weighted by Gasteiger charge is 2.53. The van der Waals surface area contributed by atoms with E-state index in [9.17, 15) is 28.4 Å². The van der Waals surface area contributed by atoms with Gasteiger partial charge in [0.1, 0.15) is 25.1 Å². The molecular formula is C25H24FN3O7. The lowest BCUT2D eigenvalue weighted by atomic mass is 10.0. The van der Waals surface area contributed by atoms with E-state index in [2.05, 4.69) is 0 Å². The van der Waals surface area contributed by atoms with Crippen molar-refractivity contribution in [2.24, 2.45) is 0 Å². The van der Waals surface area contributed by atoms with Crippen LogP contribution >= 0.6 is 0 Å². The molecule has 2 saturated heterocycles. The fraction of sp³-hybridized carbons (Fsp3) is 0.320. The number of nitrogens with zero attached hydrogens (tertiary/aromatic N) is 3. The Labute approximate surface area is 205 Å². The summed E-state index contributed by atoms with van der Waals surface area (Å²) < 4.78 is 18.8. The molecule has 1 N–H and O–H groups in total. The van der Waals surface area contributed by atoms with Gasteiger partial charge in [0.2, 0.25) is 5.91 Å². The molecular weight excluding hydrogens is 473 g/mol. The zero-order valence-corrected chi connectivity index (χ0v) is 19.4. The van der Waals surface area contributed by atoms with Crippen LogP contribution in [0.5, 0.6) is 0 Å². The van der Waals surface area contributed by atoms with Gasteiger partial charge in [-0.05, 0) is 43.2 Å². The third-order valence-corrected chi connectivity index (χ3v) is 6.20. The number of imide groups is 1. The van der Waals surface area contributed by atoms with E-state index in [1.165, 1.54) is 47.1 Å². The summed E-state index contributed by atoms with van der Waals surface area (Å²) >= 11 is 0. The van der Waals surface area contributed by atoms with E-state index in [4.69, 9.17) is 9.84 Å². The molecule has 0 saturated carbocycles. The molecule has 2 aromatic rings. The van der Waals surface area contributed by atoms with Gasteiger partial charge in [-0.1, -0.05) is 24.3 Å². The Hall–Kier alpha value is -4.12.